The third-order valence-corrected chi connectivity index (χ3v) is 10.9. The fraction of sp³-hybridized carbons (Fsp3) is 0.656. The molecule has 0 unspecified atom stereocenters. The van der Waals surface area contributed by atoms with Crippen molar-refractivity contribution < 1.29 is 18.2 Å². The number of halogens is 1. The summed E-state index contributed by atoms with van der Waals surface area (Å²) in [5.41, 5.74) is -0.205. The van der Waals surface area contributed by atoms with Gasteiger partial charge in [-0.2, -0.15) is 9.97 Å². The number of rotatable bonds is 7. The number of hydrogen-bond donors (Lipinski definition) is 0. The molecule has 9 heteroatoms. The van der Waals surface area contributed by atoms with Gasteiger partial charge in [0.1, 0.15) is 5.67 Å². The summed E-state index contributed by atoms with van der Waals surface area (Å²) in [6, 6.07) is 7.94. The van der Waals surface area contributed by atoms with Gasteiger partial charge in [-0.15, -0.1) is 0 Å². The van der Waals surface area contributed by atoms with Gasteiger partial charge in [-0.1, -0.05) is 43.2 Å². The summed E-state index contributed by atoms with van der Waals surface area (Å²) in [6.07, 6.45) is 9.19. The first-order chi connectivity index (χ1) is 19.5. The van der Waals surface area contributed by atoms with E-state index in [0.717, 1.165) is 74.3 Å². The second kappa shape index (κ2) is 8.26. The largest absolute Gasteiger partial charge is 0.339 e. The number of anilines is 1. The van der Waals surface area contributed by atoms with Crippen LogP contribution >= 0.6 is 0 Å². The Hall–Kier alpha value is -3.10. The van der Waals surface area contributed by atoms with Gasteiger partial charge in [0.25, 0.3) is 0 Å². The summed E-state index contributed by atoms with van der Waals surface area (Å²) >= 11 is 0. The van der Waals surface area contributed by atoms with Crippen LogP contribution in [0.2, 0.25) is 0 Å². The van der Waals surface area contributed by atoms with Crippen LogP contribution in [-0.4, -0.2) is 38.4 Å². The summed E-state index contributed by atoms with van der Waals surface area (Å²) < 4.78 is 25.9. The lowest BCUT2D eigenvalue weighted by Gasteiger charge is -2.65. The number of hydrogen-bond acceptors (Lipinski definition) is 7. The molecule has 0 spiro atoms. The molecule has 10 rings (SSSR count). The molecule has 0 atom stereocenters. The predicted octanol–water partition coefficient (Wildman–Crippen LogP) is 6.81. The minimum absolute atomic E-state index is 0.0164. The van der Waals surface area contributed by atoms with Crippen molar-refractivity contribution in [3.63, 3.8) is 0 Å². The number of fused-ring (bicyclic) bond motifs is 3. The van der Waals surface area contributed by atoms with Gasteiger partial charge in [0.05, 0.1) is 5.41 Å². The van der Waals surface area contributed by atoms with E-state index in [1.54, 1.807) is 0 Å². The first kappa shape index (κ1) is 25.6. The lowest BCUT2D eigenvalue weighted by Crippen LogP contribution is -2.71. The van der Waals surface area contributed by atoms with Crippen LogP contribution in [-0.2, 0) is 15.6 Å². The third-order valence-electron chi connectivity index (χ3n) is 10.9. The first-order valence-corrected chi connectivity index (χ1v) is 15.3. The summed E-state index contributed by atoms with van der Waals surface area (Å²) in [5, 5.41) is 8.55. The quantitative estimate of drug-likeness (QED) is 0.313. The van der Waals surface area contributed by atoms with E-state index in [4.69, 9.17) is 14.0 Å². The molecule has 41 heavy (non-hydrogen) atoms. The molecule has 216 valence electrons. The molecule has 2 heterocycles. The Kier molecular flexibility index (Phi) is 5.15. The monoisotopic (exact) mass is 559 g/mol. The van der Waals surface area contributed by atoms with Crippen LogP contribution in [0.5, 0.6) is 0 Å². The Bertz CT molecular complexity index is 1490. The zero-order valence-corrected chi connectivity index (χ0v) is 24.2. The molecule has 7 fully saturated rings. The van der Waals surface area contributed by atoms with E-state index in [1.807, 2.05) is 29.2 Å². The van der Waals surface area contributed by atoms with E-state index in [-0.39, 0.29) is 22.2 Å². The molecule has 1 amide bonds. The average Bonchev–Trinajstić information content (AvgIpc) is 3.43. The highest BCUT2D eigenvalue weighted by Gasteiger charge is 2.73. The smallest absolute Gasteiger partial charge is 0.233 e. The Morgan fingerprint density at radius 3 is 2.32 bits per heavy atom. The standard InChI is InChI=1S/C32H38FN5O3/c1-28(2,3)25-35-26(41-37-25)30-12-9-29(10-13-30,11-14-30)19-38(27(39)31-16-32(33,17-31)18-31)22-6-4-5-21(15-22)23-34-24(40-36-23)20-7-8-20/h4-6,15,20H,7-14,16-19H2,1-3H3. The van der Waals surface area contributed by atoms with Crippen molar-refractivity contribution in [1.82, 2.24) is 20.3 Å². The van der Waals surface area contributed by atoms with Crippen molar-refractivity contribution in [2.24, 2.45) is 10.8 Å². The van der Waals surface area contributed by atoms with E-state index < -0.39 is 11.1 Å². The molecule has 7 aliphatic carbocycles. The number of amides is 1. The normalized spacial score (nSPS) is 33.8. The number of nitrogens with zero attached hydrogens (tertiary/aromatic N) is 5. The molecule has 0 aliphatic heterocycles. The molecule has 7 aliphatic rings. The van der Waals surface area contributed by atoms with Crippen molar-refractivity contribution in [3.05, 3.63) is 41.9 Å². The molecule has 1 aromatic carbocycles. The summed E-state index contributed by atoms with van der Waals surface area (Å²) in [4.78, 5) is 25.6. The van der Waals surface area contributed by atoms with Gasteiger partial charge in [-0.05, 0) is 88.2 Å². The third kappa shape index (κ3) is 4.01. The molecule has 4 bridgehead atoms. The van der Waals surface area contributed by atoms with Crippen LogP contribution in [0.4, 0.5) is 10.1 Å². The predicted molar refractivity (Wildman–Crippen MR) is 149 cm³/mol. The number of aromatic nitrogens is 4. The van der Waals surface area contributed by atoms with E-state index in [9.17, 15) is 9.18 Å². The molecule has 0 saturated heterocycles. The highest BCUT2D eigenvalue weighted by Crippen LogP contribution is 2.70. The molecule has 8 nitrogen and oxygen atoms in total. The van der Waals surface area contributed by atoms with Crippen molar-refractivity contribution in [1.29, 1.82) is 0 Å². The minimum Gasteiger partial charge on any atom is -0.339 e. The van der Waals surface area contributed by atoms with Crippen molar-refractivity contribution in [2.75, 3.05) is 11.4 Å². The maximum absolute atomic E-state index is 14.6. The van der Waals surface area contributed by atoms with Crippen molar-refractivity contribution in [2.45, 2.75) is 114 Å². The van der Waals surface area contributed by atoms with Crippen molar-refractivity contribution >= 4 is 11.6 Å². The molecular weight excluding hydrogens is 521 g/mol. The Labute approximate surface area is 239 Å². The fourth-order valence-electron chi connectivity index (χ4n) is 8.02. The van der Waals surface area contributed by atoms with Gasteiger partial charge in [0.15, 0.2) is 5.82 Å². The van der Waals surface area contributed by atoms with Gasteiger partial charge < -0.3 is 13.9 Å². The van der Waals surface area contributed by atoms with Crippen LogP contribution in [0.3, 0.4) is 0 Å². The zero-order valence-electron chi connectivity index (χ0n) is 24.2. The van der Waals surface area contributed by atoms with E-state index in [0.29, 0.717) is 43.4 Å². The lowest BCUT2D eigenvalue weighted by atomic mass is 9.41. The number of alkyl halides is 1. The highest BCUT2D eigenvalue weighted by atomic mass is 19.1. The lowest BCUT2D eigenvalue weighted by molar-refractivity contribution is -0.211. The van der Waals surface area contributed by atoms with Gasteiger partial charge in [0.2, 0.25) is 23.5 Å². The van der Waals surface area contributed by atoms with Gasteiger partial charge >= 0.3 is 0 Å². The summed E-state index contributed by atoms with van der Waals surface area (Å²) in [6.45, 7) is 6.96. The van der Waals surface area contributed by atoms with Gasteiger partial charge in [-0.25, -0.2) is 4.39 Å². The second-order valence-electron chi connectivity index (χ2n) is 15.1. The zero-order chi connectivity index (χ0) is 28.3. The number of carbonyl (C=O) groups excluding carboxylic acids is 1. The topological polar surface area (TPSA) is 98.2 Å². The highest BCUT2D eigenvalue weighted by molar-refractivity contribution is 6.00. The van der Waals surface area contributed by atoms with E-state index in [2.05, 4.69) is 36.1 Å². The summed E-state index contributed by atoms with van der Waals surface area (Å²) in [7, 11) is 0. The first-order valence-electron chi connectivity index (χ1n) is 15.3. The molecule has 3 aromatic rings. The van der Waals surface area contributed by atoms with Gasteiger partial charge in [-0.3, -0.25) is 4.79 Å². The van der Waals surface area contributed by atoms with Crippen LogP contribution in [0.25, 0.3) is 11.4 Å². The Morgan fingerprint density at radius 2 is 1.71 bits per heavy atom. The molecular formula is C32H38FN5O3. The molecule has 0 radical (unpaired) electrons. The van der Waals surface area contributed by atoms with Crippen molar-refractivity contribution in [3.8, 4) is 11.4 Å². The molecule has 7 saturated carbocycles. The van der Waals surface area contributed by atoms with Crippen LogP contribution in [0.1, 0.15) is 115 Å². The second-order valence-corrected chi connectivity index (χ2v) is 15.1. The Balaban J connectivity index is 1.07. The molecule has 2 aromatic heterocycles. The maximum atomic E-state index is 14.6. The minimum atomic E-state index is -1.13. The molecule has 0 N–H and O–H groups in total. The fourth-order valence-corrected chi connectivity index (χ4v) is 8.02. The number of benzene rings is 1. The van der Waals surface area contributed by atoms with Crippen LogP contribution < -0.4 is 4.90 Å². The maximum Gasteiger partial charge on any atom is 0.233 e. The number of carbonyl (C=O) groups is 1. The van der Waals surface area contributed by atoms with Crippen LogP contribution in [0.15, 0.2) is 33.3 Å². The van der Waals surface area contributed by atoms with E-state index in [1.165, 1.54) is 0 Å². The van der Waals surface area contributed by atoms with Gasteiger partial charge in [0, 0.05) is 34.5 Å². The van der Waals surface area contributed by atoms with E-state index >= 15 is 0 Å². The Morgan fingerprint density at radius 1 is 1.00 bits per heavy atom. The SMILES string of the molecule is CC(C)(C)c1noc(C23CCC(CN(C(=O)C45CC(F)(C4)C5)c4cccc(-c5noc(C6CC6)n5)c4)(CC2)CC3)n1. The average molecular weight is 560 g/mol. The van der Waals surface area contributed by atoms with Crippen LogP contribution in [0, 0.1) is 10.8 Å². The summed E-state index contributed by atoms with van der Waals surface area (Å²) in [5.74, 6) is 3.25.